The van der Waals surface area contributed by atoms with E-state index in [1.807, 2.05) is 30.3 Å². The molecule has 1 amide bonds. The monoisotopic (exact) mass is 276 g/mol. The summed E-state index contributed by atoms with van der Waals surface area (Å²) in [4.78, 5) is 24.6. The largest absolute Gasteiger partial charge is 0.481 e. The Morgan fingerprint density at radius 3 is 2.45 bits per heavy atom. The number of benzene rings is 1. The molecule has 0 bridgehead atoms. The van der Waals surface area contributed by atoms with Crippen molar-refractivity contribution in [3.8, 4) is 0 Å². The Hall–Kier alpha value is -1.88. The number of hydrogen-bond acceptors (Lipinski definition) is 3. The second-order valence-corrected chi connectivity index (χ2v) is 5.23. The van der Waals surface area contributed by atoms with Crippen LogP contribution in [0.5, 0.6) is 0 Å². The Kier molecular flexibility index (Phi) is 5.12. The summed E-state index contributed by atoms with van der Waals surface area (Å²) in [5.74, 6) is -0.501. The fraction of sp³-hybridized carbons (Fsp3) is 0.467. The number of carbonyl (C=O) groups is 2. The van der Waals surface area contributed by atoms with E-state index in [4.69, 9.17) is 5.11 Å². The van der Waals surface area contributed by atoms with E-state index < -0.39 is 5.97 Å². The molecular weight excluding hydrogens is 256 g/mol. The number of hydrogen-bond donors (Lipinski definition) is 2. The average Bonchev–Trinajstić information content (AvgIpc) is 2.41. The molecule has 1 aromatic carbocycles. The van der Waals surface area contributed by atoms with Crippen LogP contribution in [0.25, 0.3) is 0 Å². The topological polar surface area (TPSA) is 69.6 Å². The summed E-state index contributed by atoms with van der Waals surface area (Å²) in [6.45, 7) is 1.95. The number of carboxylic acids is 1. The summed E-state index contributed by atoms with van der Waals surface area (Å²) in [7, 11) is 0. The van der Waals surface area contributed by atoms with Crippen LogP contribution in [0.15, 0.2) is 30.3 Å². The highest BCUT2D eigenvalue weighted by atomic mass is 16.4. The molecule has 5 nitrogen and oxygen atoms in total. The predicted molar refractivity (Wildman–Crippen MR) is 76.5 cm³/mol. The van der Waals surface area contributed by atoms with Crippen LogP contribution >= 0.6 is 0 Å². The lowest BCUT2D eigenvalue weighted by Gasteiger charge is -2.30. The minimum atomic E-state index is -0.731. The molecule has 108 valence electrons. The van der Waals surface area contributed by atoms with Crippen molar-refractivity contribution >= 4 is 17.6 Å². The molecule has 0 saturated carbocycles. The van der Waals surface area contributed by atoms with Crippen LogP contribution < -0.4 is 5.32 Å². The van der Waals surface area contributed by atoms with Crippen molar-refractivity contribution in [3.63, 3.8) is 0 Å². The Balaban J connectivity index is 1.72. The molecule has 0 atom stereocenters. The molecule has 5 heteroatoms. The molecule has 1 saturated heterocycles. The van der Waals surface area contributed by atoms with E-state index in [1.165, 1.54) is 0 Å². The summed E-state index contributed by atoms with van der Waals surface area (Å²) >= 11 is 0. The number of amides is 1. The Labute approximate surface area is 118 Å². The minimum absolute atomic E-state index is 0.0205. The van der Waals surface area contributed by atoms with Gasteiger partial charge in [0.05, 0.1) is 6.54 Å². The maximum atomic E-state index is 11.9. The van der Waals surface area contributed by atoms with Crippen molar-refractivity contribution in [2.75, 3.05) is 25.0 Å². The maximum Gasteiger partial charge on any atom is 0.303 e. The van der Waals surface area contributed by atoms with Gasteiger partial charge in [0, 0.05) is 12.1 Å². The first-order valence-corrected chi connectivity index (χ1v) is 6.92. The lowest BCUT2D eigenvalue weighted by Crippen LogP contribution is -2.39. The van der Waals surface area contributed by atoms with Gasteiger partial charge >= 0.3 is 5.97 Å². The predicted octanol–water partition coefficient (Wildman–Crippen LogP) is 1.81. The second kappa shape index (κ2) is 7.05. The number of carbonyl (C=O) groups excluding carboxylic acids is 1. The van der Waals surface area contributed by atoms with E-state index in [0.717, 1.165) is 31.6 Å². The highest BCUT2D eigenvalue weighted by Gasteiger charge is 2.22. The number of nitrogens with one attached hydrogen (secondary N) is 1. The molecule has 1 aliphatic heterocycles. The lowest BCUT2D eigenvalue weighted by molar-refractivity contribution is -0.138. The summed E-state index contributed by atoms with van der Waals surface area (Å²) in [5, 5.41) is 11.6. The number of likely N-dealkylation sites (tertiary alicyclic amines) is 1. The van der Waals surface area contributed by atoms with Gasteiger partial charge in [-0.15, -0.1) is 0 Å². The molecule has 0 unspecified atom stereocenters. The molecule has 1 aliphatic rings. The zero-order valence-corrected chi connectivity index (χ0v) is 11.4. The number of para-hydroxylation sites is 1. The van der Waals surface area contributed by atoms with E-state index in [-0.39, 0.29) is 18.2 Å². The van der Waals surface area contributed by atoms with E-state index in [0.29, 0.717) is 6.54 Å². The third kappa shape index (κ3) is 4.66. The third-order valence-corrected chi connectivity index (χ3v) is 3.60. The Morgan fingerprint density at radius 2 is 1.85 bits per heavy atom. The second-order valence-electron chi connectivity index (χ2n) is 5.23. The Bertz CT molecular complexity index is 453. The highest BCUT2D eigenvalue weighted by molar-refractivity contribution is 5.92. The fourth-order valence-electron chi connectivity index (χ4n) is 2.52. The molecular formula is C15H20N2O3. The van der Waals surface area contributed by atoms with Crippen LogP contribution in [0.2, 0.25) is 0 Å². The maximum absolute atomic E-state index is 11.9. The number of piperidine rings is 1. The number of aliphatic carboxylic acids is 1. The lowest BCUT2D eigenvalue weighted by atomic mass is 9.94. The standard InChI is InChI=1S/C15H20N2O3/c18-14(16-13-4-2-1-3-5-13)11-17-8-6-12(7-9-17)10-15(19)20/h1-5,12H,6-11H2,(H,16,18)(H,19,20). The molecule has 20 heavy (non-hydrogen) atoms. The van der Waals surface area contributed by atoms with Gasteiger partial charge in [-0.3, -0.25) is 14.5 Å². The molecule has 0 spiro atoms. The average molecular weight is 276 g/mol. The van der Waals surface area contributed by atoms with Gasteiger partial charge in [0.2, 0.25) is 5.91 Å². The van der Waals surface area contributed by atoms with Crippen LogP contribution in [0.1, 0.15) is 19.3 Å². The van der Waals surface area contributed by atoms with Crippen molar-refractivity contribution in [1.82, 2.24) is 4.90 Å². The van der Waals surface area contributed by atoms with Gasteiger partial charge in [0.1, 0.15) is 0 Å². The van der Waals surface area contributed by atoms with Crippen molar-refractivity contribution in [3.05, 3.63) is 30.3 Å². The number of anilines is 1. The summed E-state index contributed by atoms with van der Waals surface area (Å²) in [6.07, 6.45) is 1.94. The minimum Gasteiger partial charge on any atom is -0.481 e. The zero-order chi connectivity index (χ0) is 14.4. The molecule has 0 aliphatic carbocycles. The van der Waals surface area contributed by atoms with Gasteiger partial charge in [-0.1, -0.05) is 18.2 Å². The smallest absolute Gasteiger partial charge is 0.303 e. The van der Waals surface area contributed by atoms with Gasteiger partial charge in [0.25, 0.3) is 0 Å². The molecule has 0 aromatic heterocycles. The molecule has 1 fully saturated rings. The number of nitrogens with zero attached hydrogens (tertiary/aromatic N) is 1. The molecule has 2 N–H and O–H groups in total. The van der Waals surface area contributed by atoms with Gasteiger partial charge < -0.3 is 10.4 Å². The van der Waals surface area contributed by atoms with Crippen LogP contribution in [-0.4, -0.2) is 41.5 Å². The van der Waals surface area contributed by atoms with Gasteiger partial charge in [-0.2, -0.15) is 0 Å². The molecule has 1 heterocycles. The van der Waals surface area contributed by atoms with Crippen molar-refractivity contribution in [2.24, 2.45) is 5.92 Å². The first-order chi connectivity index (χ1) is 9.63. The third-order valence-electron chi connectivity index (χ3n) is 3.60. The Morgan fingerprint density at radius 1 is 1.20 bits per heavy atom. The number of carboxylic acid groups (broad SMARTS) is 1. The van der Waals surface area contributed by atoms with Crippen molar-refractivity contribution in [1.29, 1.82) is 0 Å². The van der Waals surface area contributed by atoms with E-state index >= 15 is 0 Å². The van der Waals surface area contributed by atoms with Crippen molar-refractivity contribution in [2.45, 2.75) is 19.3 Å². The van der Waals surface area contributed by atoms with Crippen LogP contribution in [-0.2, 0) is 9.59 Å². The van der Waals surface area contributed by atoms with Gasteiger partial charge in [-0.05, 0) is 44.0 Å². The van der Waals surface area contributed by atoms with Gasteiger partial charge in [0.15, 0.2) is 0 Å². The van der Waals surface area contributed by atoms with E-state index in [1.54, 1.807) is 0 Å². The highest BCUT2D eigenvalue weighted by Crippen LogP contribution is 2.20. The normalized spacial score (nSPS) is 16.8. The number of rotatable bonds is 5. The molecule has 0 radical (unpaired) electrons. The van der Waals surface area contributed by atoms with Crippen molar-refractivity contribution < 1.29 is 14.7 Å². The quantitative estimate of drug-likeness (QED) is 0.860. The summed E-state index contributed by atoms with van der Waals surface area (Å²) in [5.41, 5.74) is 0.804. The molecule has 1 aromatic rings. The van der Waals surface area contributed by atoms with Crippen LogP contribution in [0.3, 0.4) is 0 Å². The first kappa shape index (κ1) is 14.5. The van der Waals surface area contributed by atoms with Crippen LogP contribution in [0.4, 0.5) is 5.69 Å². The van der Waals surface area contributed by atoms with Gasteiger partial charge in [-0.25, -0.2) is 0 Å². The first-order valence-electron chi connectivity index (χ1n) is 6.92. The summed E-state index contributed by atoms with van der Waals surface area (Å²) in [6, 6.07) is 9.39. The van der Waals surface area contributed by atoms with Crippen LogP contribution in [0, 0.1) is 5.92 Å². The molecule has 2 rings (SSSR count). The van der Waals surface area contributed by atoms with E-state index in [2.05, 4.69) is 10.2 Å². The van der Waals surface area contributed by atoms with E-state index in [9.17, 15) is 9.59 Å². The summed E-state index contributed by atoms with van der Waals surface area (Å²) < 4.78 is 0. The fourth-order valence-corrected chi connectivity index (χ4v) is 2.52. The SMILES string of the molecule is O=C(O)CC1CCN(CC(=O)Nc2ccccc2)CC1. The zero-order valence-electron chi connectivity index (χ0n) is 11.4.